The van der Waals surface area contributed by atoms with Crippen molar-refractivity contribution in [1.82, 2.24) is 0 Å². The van der Waals surface area contributed by atoms with Gasteiger partial charge in [-0.05, 0) is 40.4 Å². The maximum atomic E-state index is 5.87. The van der Waals surface area contributed by atoms with Gasteiger partial charge < -0.3 is 5.73 Å². The number of halogens is 1. The van der Waals surface area contributed by atoms with Gasteiger partial charge in [-0.25, -0.2) is 0 Å². The minimum atomic E-state index is 0.487. The van der Waals surface area contributed by atoms with E-state index in [-0.39, 0.29) is 0 Å². The molecule has 3 heteroatoms. The quantitative estimate of drug-likeness (QED) is 0.611. The van der Waals surface area contributed by atoms with E-state index in [0.717, 1.165) is 17.7 Å². The van der Waals surface area contributed by atoms with Crippen molar-refractivity contribution >= 4 is 38.7 Å². The highest BCUT2D eigenvalue weighted by molar-refractivity contribution is 7.17. The summed E-state index contributed by atoms with van der Waals surface area (Å²) >= 11 is 7.57. The third-order valence-corrected chi connectivity index (χ3v) is 3.72. The Labute approximate surface area is 92.5 Å². The highest BCUT2D eigenvalue weighted by Crippen LogP contribution is 2.31. The molecule has 0 bridgehead atoms. The number of benzene rings is 1. The summed E-state index contributed by atoms with van der Waals surface area (Å²) in [6.07, 6.45) is 1.06. The maximum absolute atomic E-state index is 5.87. The second-order valence-electron chi connectivity index (χ2n) is 3.30. The Morgan fingerprint density at radius 1 is 1.36 bits per heavy atom. The first-order chi connectivity index (χ1) is 6.76. The summed E-state index contributed by atoms with van der Waals surface area (Å²) in [6, 6.07) is 4.14. The van der Waals surface area contributed by atoms with Crippen molar-refractivity contribution in [2.45, 2.75) is 19.2 Å². The molecule has 2 N–H and O–H groups in total. The van der Waals surface area contributed by atoms with Crippen LogP contribution in [-0.2, 0) is 12.3 Å². The highest BCUT2D eigenvalue weighted by Gasteiger charge is 2.06. The molecular weight excluding hydrogens is 214 g/mol. The maximum Gasteiger partial charge on any atom is 0.0494 e. The lowest BCUT2D eigenvalue weighted by molar-refractivity contribution is 1.17. The van der Waals surface area contributed by atoms with Crippen LogP contribution in [0.3, 0.4) is 0 Å². The van der Waals surface area contributed by atoms with E-state index >= 15 is 0 Å². The van der Waals surface area contributed by atoms with E-state index in [0.29, 0.717) is 5.88 Å². The largest absolute Gasteiger partial charge is 0.398 e. The second kappa shape index (κ2) is 3.79. The number of aryl methyl sites for hydroxylation is 1. The molecule has 0 spiro atoms. The summed E-state index contributed by atoms with van der Waals surface area (Å²) in [6.45, 7) is 2.16. The van der Waals surface area contributed by atoms with Gasteiger partial charge in [-0.3, -0.25) is 0 Å². The Balaban J connectivity index is 2.70. The fourth-order valence-electron chi connectivity index (χ4n) is 1.58. The van der Waals surface area contributed by atoms with Crippen LogP contribution in [0.4, 0.5) is 5.69 Å². The average Bonchev–Trinajstić information content (AvgIpc) is 2.58. The van der Waals surface area contributed by atoms with Gasteiger partial charge in [0, 0.05) is 16.3 Å². The second-order valence-corrected chi connectivity index (χ2v) is 4.47. The topological polar surface area (TPSA) is 26.0 Å². The van der Waals surface area contributed by atoms with E-state index < -0.39 is 0 Å². The minimum Gasteiger partial charge on any atom is -0.398 e. The Morgan fingerprint density at radius 2 is 2.14 bits per heavy atom. The molecule has 0 fully saturated rings. The van der Waals surface area contributed by atoms with Crippen molar-refractivity contribution in [3.63, 3.8) is 0 Å². The number of hydrogen-bond acceptors (Lipinski definition) is 2. The van der Waals surface area contributed by atoms with E-state index in [9.17, 15) is 0 Å². The van der Waals surface area contributed by atoms with Crippen LogP contribution in [0.15, 0.2) is 17.5 Å². The minimum absolute atomic E-state index is 0.487. The number of fused-ring (bicyclic) bond motifs is 1. The molecule has 0 unspecified atom stereocenters. The van der Waals surface area contributed by atoms with Crippen LogP contribution in [0.2, 0.25) is 0 Å². The third-order valence-electron chi connectivity index (χ3n) is 2.44. The molecule has 14 heavy (non-hydrogen) atoms. The number of hydrogen-bond donors (Lipinski definition) is 1. The van der Waals surface area contributed by atoms with Gasteiger partial charge in [0.2, 0.25) is 0 Å². The Kier molecular flexibility index (Phi) is 2.66. The van der Waals surface area contributed by atoms with Crippen LogP contribution in [0.5, 0.6) is 0 Å². The number of anilines is 1. The summed E-state index contributed by atoms with van der Waals surface area (Å²) in [5.74, 6) is 0.487. The monoisotopic (exact) mass is 225 g/mol. The highest BCUT2D eigenvalue weighted by atomic mass is 35.5. The van der Waals surface area contributed by atoms with Gasteiger partial charge in [0.1, 0.15) is 0 Å². The van der Waals surface area contributed by atoms with E-state index in [2.05, 4.69) is 18.4 Å². The standard InChI is InChI=1S/C11H12ClNS/c1-2-7-6-14-11-4-10(13)8(5-12)3-9(7)11/h3-4,6H,2,5,13H2,1H3. The van der Waals surface area contributed by atoms with E-state index in [1.54, 1.807) is 11.3 Å². The molecule has 0 aliphatic rings. The van der Waals surface area contributed by atoms with Gasteiger partial charge in [0.05, 0.1) is 0 Å². The van der Waals surface area contributed by atoms with Gasteiger partial charge in [-0.15, -0.1) is 22.9 Å². The summed E-state index contributed by atoms with van der Waals surface area (Å²) < 4.78 is 1.26. The van der Waals surface area contributed by atoms with Crippen LogP contribution in [0, 0.1) is 0 Å². The average molecular weight is 226 g/mol. The first-order valence-electron chi connectivity index (χ1n) is 4.60. The van der Waals surface area contributed by atoms with Crippen LogP contribution in [0.1, 0.15) is 18.1 Å². The number of alkyl halides is 1. The molecule has 0 aliphatic carbocycles. The van der Waals surface area contributed by atoms with Crippen LogP contribution in [0.25, 0.3) is 10.1 Å². The smallest absolute Gasteiger partial charge is 0.0494 e. The molecule has 0 saturated carbocycles. The first kappa shape index (κ1) is 9.81. The summed E-state index contributed by atoms with van der Waals surface area (Å²) in [5, 5.41) is 3.50. The zero-order valence-corrected chi connectivity index (χ0v) is 9.58. The van der Waals surface area contributed by atoms with Crippen molar-refractivity contribution in [2.24, 2.45) is 0 Å². The van der Waals surface area contributed by atoms with Crippen molar-refractivity contribution < 1.29 is 0 Å². The number of thiophene rings is 1. The van der Waals surface area contributed by atoms with Crippen molar-refractivity contribution in [1.29, 1.82) is 0 Å². The molecule has 1 aromatic heterocycles. The Morgan fingerprint density at radius 3 is 2.79 bits per heavy atom. The number of nitrogen functional groups attached to an aromatic ring is 1. The van der Waals surface area contributed by atoms with Gasteiger partial charge in [-0.2, -0.15) is 0 Å². The molecule has 1 aromatic carbocycles. The molecule has 0 atom stereocenters. The summed E-state index contributed by atoms with van der Waals surface area (Å²) in [5.41, 5.74) is 9.09. The summed E-state index contributed by atoms with van der Waals surface area (Å²) in [4.78, 5) is 0. The van der Waals surface area contributed by atoms with Gasteiger partial charge in [0.25, 0.3) is 0 Å². The van der Waals surface area contributed by atoms with E-state index in [1.165, 1.54) is 15.6 Å². The summed E-state index contributed by atoms with van der Waals surface area (Å²) in [7, 11) is 0. The molecule has 2 aromatic rings. The predicted molar refractivity (Wildman–Crippen MR) is 65.2 cm³/mol. The van der Waals surface area contributed by atoms with E-state index in [4.69, 9.17) is 17.3 Å². The predicted octanol–water partition coefficient (Wildman–Crippen LogP) is 3.78. The van der Waals surface area contributed by atoms with E-state index in [1.807, 2.05) is 6.07 Å². The van der Waals surface area contributed by atoms with Crippen molar-refractivity contribution in [3.05, 3.63) is 28.6 Å². The first-order valence-corrected chi connectivity index (χ1v) is 6.02. The van der Waals surface area contributed by atoms with Crippen molar-refractivity contribution in [2.75, 3.05) is 5.73 Å². The molecule has 0 aliphatic heterocycles. The zero-order valence-electron chi connectivity index (χ0n) is 8.01. The normalized spacial score (nSPS) is 11.0. The lowest BCUT2D eigenvalue weighted by atomic mass is 10.1. The fraction of sp³-hybridized carbons (Fsp3) is 0.273. The molecular formula is C11H12ClNS. The van der Waals surface area contributed by atoms with Gasteiger partial charge in [0.15, 0.2) is 0 Å². The van der Waals surface area contributed by atoms with Gasteiger partial charge in [-0.1, -0.05) is 6.92 Å². The van der Waals surface area contributed by atoms with Crippen molar-refractivity contribution in [3.8, 4) is 0 Å². The molecule has 2 rings (SSSR count). The van der Waals surface area contributed by atoms with Gasteiger partial charge >= 0.3 is 0 Å². The zero-order chi connectivity index (χ0) is 10.1. The molecule has 74 valence electrons. The molecule has 1 heterocycles. The van der Waals surface area contributed by atoms with Crippen LogP contribution in [-0.4, -0.2) is 0 Å². The molecule has 0 amide bonds. The molecule has 0 radical (unpaired) electrons. The Hall–Kier alpha value is -0.730. The third kappa shape index (κ3) is 1.49. The molecule has 0 saturated heterocycles. The Bertz CT molecular complexity index is 462. The SMILES string of the molecule is CCc1csc2cc(N)c(CCl)cc12. The van der Waals surface area contributed by atoms with Crippen LogP contribution >= 0.6 is 22.9 Å². The lowest BCUT2D eigenvalue weighted by Crippen LogP contribution is -1.91. The lowest BCUT2D eigenvalue weighted by Gasteiger charge is -2.02. The number of rotatable bonds is 2. The number of nitrogens with two attached hydrogens (primary N) is 1. The molecule has 1 nitrogen and oxygen atoms in total. The fourth-order valence-corrected chi connectivity index (χ4v) is 2.88. The van der Waals surface area contributed by atoms with Crippen LogP contribution < -0.4 is 5.73 Å².